The van der Waals surface area contributed by atoms with Gasteiger partial charge in [-0.25, -0.2) is 4.98 Å². The molecule has 0 bridgehead atoms. The minimum Gasteiger partial charge on any atom is -0.383 e. The van der Waals surface area contributed by atoms with Gasteiger partial charge in [0, 0.05) is 43.8 Å². The van der Waals surface area contributed by atoms with Crippen molar-refractivity contribution in [3.8, 4) is 0 Å². The molecule has 6 nitrogen and oxygen atoms in total. The number of hydrogen-bond acceptors (Lipinski definition) is 4. The minimum atomic E-state index is -0.817. The summed E-state index contributed by atoms with van der Waals surface area (Å²) in [5.41, 5.74) is 1.76. The third-order valence-corrected chi connectivity index (χ3v) is 4.21. The standard InChI is InChI=1S/C17H22N4O2/c1-20-11-8-18-16(20)15(22)12-19-17(23)13-4-6-14(7-5-13)21-9-2-3-10-21/h4-8,11,15,22H,2-3,9-10,12H2,1H3,(H,19,23). The van der Waals surface area contributed by atoms with Crippen molar-refractivity contribution >= 4 is 11.6 Å². The van der Waals surface area contributed by atoms with Gasteiger partial charge in [-0.1, -0.05) is 0 Å². The molecule has 2 heterocycles. The lowest BCUT2D eigenvalue weighted by atomic mass is 10.2. The van der Waals surface area contributed by atoms with Crippen molar-refractivity contribution in [2.45, 2.75) is 18.9 Å². The highest BCUT2D eigenvalue weighted by Crippen LogP contribution is 2.20. The SMILES string of the molecule is Cn1ccnc1C(O)CNC(=O)c1ccc(N2CCCC2)cc1. The first kappa shape index (κ1) is 15.6. The van der Waals surface area contributed by atoms with Crippen LogP contribution in [0.5, 0.6) is 0 Å². The van der Waals surface area contributed by atoms with Crippen LogP contribution in [0.4, 0.5) is 5.69 Å². The number of imidazole rings is 1. The molecule has 1 unspecified atom stereocenters. The number of carbonyl (C=O) groups is 1. The number of amides is 1. The summed E-state index contributed by atoms with van der Waals surface area (Å²) >= 11 is 0. The van der Waals surface area contributed by atoms with Crippen LogP contribution >= 0.6 is 0 Å². The fourth-order valence-electron chi connectivity index (χ4n) is 2.88. The Hall–Kier alpha value is -2.34. The molecule has 1 aromatic carbocycles. The quantitative estimate of drug-likeness (QED) is 0.877. The van der Waals surface area contributed by atoms with E-state index >= 15 is 0 Å². The van der Waals surface area contributed by atoms with Crippen molar-refractivity contribution in [2.75, 3.05) is 24.5 Å². The molecule has 2 N–H and O–H groups in total. The summed E-state index contributed by atoms with van der Waals surface area (Å²) in [6, 6.07) is 7.62. The van der Waals surface area contributed by atoms with Crippen molar-refractivity contribution in [1.29, 1.82) is 0 Å². The number of nitrogens with zero attached hydrogens (tertiary/aromatic N) is 3. The minimum absolute atomic E-state index is 0.136. The molecule has 1 atom stereocenters. The Balaban J connectivity index is 1.56. The third kappa shape index (κ3) is 3.53. The van der Waals surface area contributed by atoms with Crippen LogP contribution in [0.15, 0.2) is 36.7 Å². The molecule has 1 aliphatic rings. The highest BCUT2D eigenvalue weighted by atomic mass is 16.3. The highest BCUT2D eigenvalue weighted by molar-refractivity contribution is 5.94. The maximum Gasteiger partial charge on any atom is 0.251 e. The number of aryl methyl sites for hydroxylation is 1. The van der Waals surface area contributed by atoms with Gasteiger partial charge in [-0.3, -0.25) is 4.79 Å². The summed E-state index contributed by atoms with van der Waals surface area (Å²) in [6.07, 6.45) is 5.03. The predicted molar refractivity (Wildman–Crippen MR) is 88.4 cm³/mol. The maximum atomic E-state index is 12.2. The molecule has 2 aromatic rings. The first-order chi connectivity index (χ1) is 11.1. The molecular weight excluding hydrogens is 292 g/mol. The van der Waals surface area contributed by atoms with E-state index in [1.54, 1.807) is 17.0 Å². The molecule has 0 radical (unpaired) electrons. The smallest absolute Gasteiger partial charge is 0.251 e. The van der Waals surface area contributed by atoms with E-state index in [1.165, 1.54) is 12.8 Å². The van der Waals surface area contributed by atoms with Gasteiger partial charge in [0.05, 0.1) is 6.54 Å². The van der Waals surface area contributed by atoms with Gasteiger partial charge in [0.1, 0.15) is 11.9 Å². The lowest BCUT2D eigenvalue weighted by Gasteiger charge is -2.17. The second-order valence-electron chi connectivity index (χ2n) is 5.86. The van der Waals surface area contributed by atoms with E-state index in [4.69, 9.17) is 0 Å². The Labute approximate surface area is 135 Å². The summed E-state index contributed by atoms with van der Waals surface area (Å²) in [7, 11) is 1.81. The van der Waals surface area contributed by atoms with Crippen LogP contribution in [0.1, 0.15) is 35.1 Å². The lowest BCUT2D eigenvalue weighted by Crippen LogP contribution is -2.29. The topological polar surface area (TPSA) is 70.4 Å². The summed E-state index contributed by atoms with van der Waals surface area (Å²) in [4.78, 5) is 18.6. The van der Waals surface area contributed by atoms with Crippen molar-refractivity contribution in [1.82, 2.24) is 14.9 Å². The van der Waals surface area contributed by atoms with Gasteiger partial charge in [0.25, 0.3) is 5.91 Å². The molecule has 3 rings (SSSR count). The zero-order valence-corrected chi connectivity index (χ0v) is 13.3. The molecule has 1 aromatic heterocycles. The van der Waals surface area contributed by atoms with Gasteiger partial charge < -0.3 is 19.9 Å². The summed E-state index contributed by atoms with van der Waals surface area (Å²) < 4.78 is 1.74. The van der Waals surface area contributed by atoms with Crippen molar-refractivity contribution in [3.63, 3.8) is 0 Å². The van der Waals surface area contributed by atoms with Crippen LogP contribution in [-0.4, -0.2) is 40.2 Å². The molecule has 0 spiro atoms. The number of nitrogens with one attached hydrogen (secondary N) is 1. The van der Waals surface area contributed by atoms with Crippen LogP contribution in [0, 0.1) is 0 Å². The highest BCUT2D eigenvalue weighted by Gasteiger charge is 2.15. The molecule has 122 valence electrons. The molecular formula is C17H22N4O2. The number of rotatable bonds is 5. The number of carbonyl (C=O) groups excluding carboxylic acids is 1. The molecule has 0 aliphatic carbocycles. The van der Waals surface area contributed by atoms with Crippen LogP contribution in [0.2, 0.25) is 0 Å². The summed E-state index contributed by atoms with van der Waals surface area (Å²) in [6.45, 7) is 2.31. The average molecular weight is 314 g/mol. The Morgan fingerprint density at radius 2 is 2.00 bits per heavy atom. The molecule has 23 heavy (non-hydrogen) atoms. The summed E-state index contributed by atoms with van der Waals surface area (Å²) in [5, 5.41) is 12.8. The number of aliphatic hydroxyl groups excluding tert-OH is 1. The van der Waals surface area contributed by atoms with Crippen LogP contribution < -0.4 is 10.2 Å². The zero-order valence-electron chi connectivity index (χ0n) is 13.3. The monoisotopic (exact) mass is 314 g/mol. The second kappa shape index (κ2) is 6.83. The lowest BCUT2D eigenvalue weighted by molar-refractivity contribution is 0.0909. The average Bonchev–Trinajstić information content (AvgIpc) is 3.24. The van der Waals surface area contributed by atoms with E-state index in [2.05, 4.69) is 15.2 Å². The maximum absolute atomic E-state index is 12.2. The number of aromatic nitrogens is 2. The normalized spacial score (nSPS) is 15.7. The predicted octanol–water partition coefficient (Wildman–Crippen LogP) is 1.48. The van der Waals surface area contributed by atoms with Crippen LogP contribution in [0.3, 0.4) is 0 Å². The largest absolute Gasteiger partial charge is 0.383 e. The fourth-order valence-corrected chi connectivity index (χ4v) is 2.88. The van der Waals surface area contributed by atoms with E-state index < -0.39 is 6.10 Å². The second-order valence-corrected chi connectivity index (χ2v) is 5.86. The van der Waals surface area contributed by atoms with Gasteiger partial charge in [-0.15, -0.1) is 0 Å². The first-order valence-corrected chi connectivity index (χ1v) is 7.93. The van der Waals surface area contributed by atoms with Crippen LogP contribution in [-0.2, 0) is 7.05 Å². The van der Waals surface area contributed by atoms with E-state index in [9.17, 15) is 9.90 Å². The van der Waals surface area contributed by atoms with Gasteiger partial charge in [-0.2, -0.15) is 0 Å². The van der Waals surface area contributed by atoms with Gasteiger partial charge in [0.15, 0.2) is 0 Å². The number of aliphatic hydroxyl groups is 1. The number of anilines is 1. The van der Waals surface area contributed by atoms with Gasteiger partial charge in [-0.05, 0) is 37.1 Å². The van der Waals surface area contributed by atoms with Gasteiger partial charge in [0.2, 0.25) is 0 Å². The molecule has 0 saturated carbocycles. The zero-order chi connectivity index (χ0) is 16.2. The van der Waals surface area contributed by atoms with E-state index in [0.717, 1.165) is 18.8 Å². The molecule has 1 fully saturated rings. The van der Waals surface area contributed by atoms with Gasteiger partial charge >= 0.3 is 0 Å². The number of hydrogen-bond donors (Lipinski definition) is 2. The van der Waals surface area contributed by atoms with Crippen molar-refractivity contribution in [2.24, 2.45) is 7.05 Å². The Bertz CT molecular complexity index is 659. The van der Waals surface area contributed by atoms with Crippen molar-refractivity contribution in [3.05, 3.63) is 48.0 Å². The van der Waals surface area contributed by atoms with Crippen molar-refractivity contribution < 1.29 is 9.90 Å². The first-order valence-electron chi connectivity index (χ1n) is 7.93. The molecule has 6 heteroatoms. The van der Waals surface area contributed by atoms with E-state index in [-0.39, 0.29) is 12.5 Å². The fraction of sp³-hybridized carbons (Fsp3) is 0.412. The van der Waals surface area contributed by atoms with Crippen LogP contribution in [0.25, 0.3) is 0 Å². The van der Waals surface area contributed by atoms with E-state index in [0.29, 0.717) is 11.4 Å². The third-order valence-electron chi connectivity index (χ3n) is 4.21. The molecule has 1 saturated heterocycles. The Morgan fingerprint density at radius 3 is 2.61 bits per heavy atom. The molecule has 1 amide bonds. The van der Waals surface area contributed by atoms with E-state index in [1.807, 2.05) is 31.3 Å². The summed E-state index contributed by atoms with van der Waals surface area (Å²) in [5.74, 6) is 0.348. The number of benzene rings is 1. The molecule has 1 aliphatic heterocycles. The Kier molecular flexibility index (Phi) is 4.62. The Morgan fingerprint density at radius 1 is 1.30 bits per heavy atom.